The minimum absolute atomic E-state index is 0.0578. The Balaban J connectivity index is 1.46. The second-order valence-electron chi connectivity index (χ2n) is 7.23. The first-order chi connectivity index (χ1) is 13.5. The molecular formula is C21H23N5OS. The Hall–Kier alpha value is -2.67. The average molecular weight is 394 g/mol. The standard InChI is InChI=1S/C21H23N5OS/c1-13-7-10-19(11-14(13)2)26-21(23-24-25-26)28-15(3)20(27)22-18-9-8-16-5-4-6-17(16)12-18/h7-12,15H,4-6H2,1-3H3,(H,22,27). The van der Waals surface area contributed by atoms with E-state index in [2.05, 4.69) is 46.8 Å². The zero-order chi connectivity index (χ0) is 19.7. The number of amides is 1. The van der Waals surface area contributed by atoms with E-state index in [0.29, 0.717) is 5.16 Å². The smallest absolute Gasteiger partial charge is 0.237 e. The summed E-state index contributed by atoms with van der Waals surface area (Å²) in [6.07, 6.45) is 3.42. The lowest BCUT2D eigenvalue weighted by atomic mass is 10.1. The highest BCUT2D eigenvalue weighted by Gasteiger charge is 2.20. The number of carbonyl (C=O) groups excluding carboxylic acids is 1. The molecule has 0 fully saturated rings. The molecule has 28 heavy (non-hydrogen) atoms. The summed E-state index contributed by atoms with van der Waals surface area (Å²) >= 11 is 1.35. The van der Waals surface area contributed by atoms with Gasteiger partial charge in [-0.1, -0.05) is 23.9 Å². The van der Waals surface area contributed by atoms with E-state index < -0.39 is 0 Å². The molecule has 0 bridgehead atoms. The van der Waals surface area contributed by atoms with E-state index in [1.807, 2.05) is 31.2 Å². The van der Waals surface area contributed by atoms with Crippen molar-refractivity contribution in [3.8, 4) is 5.69 Å². The molecule has 0 radical (unpaired) electrons. The minimum Gasteiger partial charge on any atom is -0.325 e. The molecule has 6 nitrogen and oxygen atoms in total. The molecule has 1 N–H and O–H groups in total. The third-order valence-corrected chi connectivity index (χ3v) is 6.23. The zero-order valence-corrected chi connectivity index (χ0v) is 17.1. The fourth-order valence-corrected chi connectivity index (χ4v) is 4.18. The van der Waals surface area contributed by atoms with Crippen LogP contribution in [0.4, 0.5) is 5.69 Å². The van der Waals surface area contributed by atoms with E-state index in [1.54, 1.807) is 4.68 Å². The van der Waals surface area contributed by atoms with Gasteiger partial charge in [-0.15, -0.1) is 5.10 Å². The number of anilines is 1. The van der Waals surface area contributed by atoms with Crippen LogP contribution >= 0.6 is 11.8 Å². The van der Waals surface area contributed by atoms with Crippen molar-refractivity contribution >= 4 is 23.4 Å². The molecule has 1 heterocycles. The van der Waals surface area contributed by atoms with E-state index in [0.717, 1.165) is 24.2 Å². The predicted octanol–water partition coefficient (Wildman–Crippen LogP) is 3.89. The van der Waals surface area contributed by atoms with Gasteiger partial charge in [0.25, 0.3) is 0 Å². The lowest BCUT2D eigenvalue weighted by Crippen LogP contribution is -2.23. The van der Waals surface area contributed by atoms with Crippen LogP contribution in [0.5, 0.6) is 0 Å². The second kappa shape index (κ2) is 7.75. The lowest BCUT2D eigenvalue weighted by molar-refractivity contribution is -0.115. The number of aryl methyl sites for hydroxylation is 4. The summed E-state index contributed by atoms with van der Waals surface area (Å²) in [6, 6.07) is 12.3. The van der Waals surface area contributed by atoms with Crippen molar-refractivity contribution in [3.05, 3.63) is 58.7 Å². The van der Waals surface area contributed by atoms with Crippen LogP contribution < -0.4 is 5.32 Å². The summed E-state index contributed by atoms with van der Waals surface area (Å²) in [7, 11) is 0. The fraction of sp³-hybridized carbons (Fsp3) is 0.333. The van der Waals surface area contributed by atoms with Crippen LogP contribution in [0, 0.1) is 13.8 Å². The highest BCUT2D eigenvalue weighted by Crippen LogP contribution is 2.27. The Labute approximate surface area is 168 Å². The van der Waals surface area contributed by atoms with Crippen molar-refractivity contribution in [2.75, 3.05) is 5.32 Å². The maximum Gasteiger partial charge on any atom is 0.237 e. The molecule has 0 aliphatic heterocycles. The number of aromatic nitrogens is 4. The van der Waals surface area contributed by atoms with Gasteiger partial charge < -0.3 is 5.32 Å². The van der Waals surface area contributed by atoms with Crippen LogP contribution in [0.25, 0.3) is 5.69 Å². The maximum absolute atomic E-state index is 12.7. The van der Waals surface area contributed by atoms with Gasteiger partial charge in [-0.25, -0.2) is 0 Å². The molecule has 2 aromatic carbocycles. The highest BCUT2D eigenvalue weighted by atomic mass is 32.2. The molecule has 7 heteroatoms. The first-order valence-electron chi connectivity index (χ1n) is 9.46. The second-order valence-corrected chi connectivity index (χ2v) is 8.54. The number of nitrogens with zero attached hydrogens (tertiary/aromatic N) is 4. The van der Waals surface area contributed by atoms with E-state index >= 15 is 0 Å². The van der Waals surface area contributed by atoms with Gasteiger partial charge in [0.2, 0.25) is 11.1 Å². The predicted molar refractivity (Wildman–Crippen MR) is 111 cm³/mol. The highest BCUT2D eigenvalue weighted by molar-refractivity contribution is 8.00. The molecule has 0 saturated heterocycles. The number of hydrogen-bond donors (Lipinski definition) is 1. The van der Waals surface area contributed by atoms with Gasteiger partial charge in [0.15, 0.2) is 0 Å². The molecule has 1 amide bonds. The van der Waals surface area contributed by atoms with E-state index in [-0.39, 0.29) is 11.2 Å². The Kier molecular flexibility index (Phi) is 5.17. The molecule has 0 spiro atoms. The van der Waals surface area contributed by atoms with Crippen LogP contribution in [0.3, 0.4) is 0 Å². The molecule has 0 saturated carbocycles. The molecule has 1 unspecified atom stereocenters. The molecule has 3 aromatic rings. The van der Waals surface area contributed by atoms with Crippen LogP contribution in [-0.4, -0.2) is 31.4 Å². The number of tetrazole rings is 1. The topological polar surface area (TPSA) is 72.7 Å². The van der Waals surface area contributed by atoms with Crippen LogP contribution in [0.2, 0.25) is 0 Å². The maximum atomic E-state index is 12.7. The molecule has 1 aliphatic rings. The van der Waals surface area contributed by atoms with E-state index in [1.165, 1.54) is 40.4 Å². The van der Waals surface area contributed by atoms with Crippen molar-refractivity contribution in [3.63, 3.8) is 0 Å². The Morgan fingerprint density at radius 3 is 2.75 bits per heavy atom. The van der Waals surface area contributed by atoms with Crippen LogP contribution in [0.1, 0.15) is 35.6 Å². The third-order valence-electron chi connectivity index (χ3n) is 5.19. The number of fused-ring (bicyclic) bond motifs is 1. The van der Waals surface area contributed by atoms with E-state index in [4.69, 9.17) is 0 Å². The van der Waals surface area contributed by atoms with Crippen molar-refractivity contribution in [1.82, 2.24) is 20.2 Å². The number of thioether (sulfide) groups is 1. The van der Waals surface area contributed by atoms with Gasteiger partial charge in [0, 0.05) is 5.69 Å². The summed E-state index contributed by atoms with van der Waals surface area (Å²) in [5.41, 5.74) is 6.87. The number of hydrogen-bond acceptors (Lipinski definition) is 5. The summed E-state index contributed by atoms with van der Waals surface area (Å²) in [5, 5.41) is 15.3. The minimum atomic E-state index is -0.329. The molecule has 1 atom stereocenters. The van der Waals surface area contributed by atoms with Crippen molar-refractivity contribution in [2.24, 2.45) is 0 Å². The Morgan fingerprint density at radius 2 is 1.93 bits per heavy atom. The van der Waals surface area contributed by atoms with Gasteiger partial charge >= 0.3 is 0 Å². The van der Waals surface area contributed by atoms with Gasteiger partial charge in [0.1, 0.15) is 0 Å². The zero-order valence-electron chi connectivity index (χ0n) is 16.3. The fourth-order valence-electron chi connectivity index (χ4n) is 3.38. The third kappa shape index (κ3) is 3.80. The SMILES string of the molecule is Cc1ccc(-n2nnnc2SC(C)C(=O)Nc2ccc3c(c2)CCC3)cc1C. The van der Waals surface area contributed by atoms with Crippen molar-refractivity contribution < 1.29 is 4.79 Å². The van der Waals surface area contributed by atoms with E-state index in [9.17, 15) is 4.79 Å². The van der Waals surface area contributed by atoms with Gasteiger partial charge in [-0.3, -0.25) is 4.79 Å². The molecular weight excluding hydrogens is 370 g/mol. The number of nitrogens with one attached hydrogen (secondary N) is 1. The summed E-state index contributed by atoms with van der Waals surface area (Å²) in [6.45, 7) is 6.00. The molecule has 4 rings (SSSR count). The first kappa shape index (κ1) is 18.7. The largest absolute Gasteiger partial charge is 0.325 e. The number of benzene rings is 2. The van der Waals surface area contributed by atoms with Gasteiger partial charge in [-0.2, -0.15) is 4.68 Å². The number of carbonyl (C=O) groups is 1. The molecule has 1 aliphatic carbocycles. The van der Waals surface area contributed by atoms with Crippen LogP contribution in [0.15, 0.2) is 41.6 Å². The summed E-state index contributed by atoms with van der Waals surface area (Å²) in [5.74, 6) is -0.0578. The monoisotopic (exact) mass is 393 g/mol. The lowest BCUT2D eigenvalue weighted by Gasteiger charge is -2.13. The van der Waals surface area contributed by atoms with Gasteiger partial charge in [-0.05, 0) is 97.0 Å². The Morgan fingerprint density at radius 1 is 1.11 bits per heavy atom. The Bertz CT molecular complexity index is 1030. The van der Waals surface area contributed by atoms with Crippen molar-refractivity contribution in [1.29, 1.82) is 0 Å². The molecule has 144 valence electrons. The normalized spacial score (nSPS) is 14.0. The van der Waals surface area contributed by atoms with Gasteiger partial charge in [0.05, 0.1) is 10.9 Å². The quantitative estimate of drug-likeness (QED) is 0.666. The van der Waals surface area contributed by atoms with Crippen LogP contribution in [-0.2, 0) is 17.6 Å². The summed E-state index contributed by atoms with van der Waals surface area (Å²) < 4.78 is 1.68. The number of rotatable bonds is 5. The average Bonchev–Trinajstić information content (AvgIpc) is 3.32. The summed E-state index contributed by atoms with van der Waals surface area (Å²) in [4.78, 5) is 12.7. The molecule has 1 aromatic heterocycles. The first-order valence-corrected chi connectivity index (χ1v) is 10.3. The van der Waals surface area contributed by atoms with Crippen molar-refractivity contribution in [2.45, 2.75) is 50.4 Å².